The lowest BCUT2D eigenvalue weighted by Crippen LogP contribution is -2.04. The van der Waals surface area contributed by atoms with E-state index in [1.54, 1.807) is 0 Å². The van der Waals surface area contributed by atoms with Crippen LogP contribution in [0.15, 0.2) is 0 Å². The normalized spacial score (nSPS) is 9.47. The van der Waals surface area contributed by atoms with Crippen LogP contribution in [0.25, 0.3) is 0 Å². The molecule has 0 aliphatic rings. The third kappa shape index (κ3) is 13.4. The molecule has 0 saturated heterocycles. The Bertz CT molecular complexity index is 138. The maximum absolute atomic E-state index is 11.1. The van der Waals surface area contributed by atoms with Gasteiger partial charge in [0.25, 0.3) is 0 Å². The third-order valence-electron chi connectivity index (χ3n) is 2.20. The van der Waals surface area contributed by atoms with Crippen LogP contribution in [-0.2, 0) is 9.53 Å². The Morgan fingerprint density at radius 3 is 2.13 bits per heavy atom. The van der Waals surface area contributed by atoms with Crippen LogP contribution in [0.4, 0.5) is 0 Å². The summed E-state index contributed by atoms with van der Waals surface area (Å²) in [6.45, 7) is 4.80. The molecule has 0 atom stereocenters. The van der Waals surface area contributed by atoms with Gasteiger partial charge in [0.1, 0.15) is 0 Å². The van der Waals surface area contributed by atoms with Gasteiger partial charge in [0.15, 0.2) is 0 Å². The van der Waals surface area contributed by atoms with Gasteiger partial charge >= 0.3 is 5.97 Å². The molecule has 92 valence electrons. The number of hydrogen-bond donors (Lipinski definition) is 1. The third-order valence-corrected chi connectivity index (χ3v) is 2.20. The van der Waals surface area contributed by atoms with Gasteiger partial charge in [-0.2, -0.15) is 0 Å². The molecule has 0 amide bonds. The molecule has 0 saturated carbocycles. The van der Waals surface area contributed by atoms with Crippen molar-refractivity contribution in [1.29, 1.82) is 0 Å². The van der Waals surface area contributed by atoms with Crippen molar-refractivity contribution in [2.24, 2.45) is 0 Å². The molecule has 0 aliphatic carbocycles. The highest BCUT2D eigenvalue weighted by Crippen LogP contribution is 2.07. The van der Waals surface area contributed by atoms with Crippen LogP contribution >= 0.6 is 0 Å². The molecular weight excluding hydrogens is 190 g/mol. The van der Waals surface area contributed by atoms with E-state index in [2.05, 4.69) is 6.92 Å². The van der Waals surface area contributed by atoms with Crippen molar-refractivity contribution < 1.29 is 9.53 Å². The summed E-state index contributed by atoms with van der Waals surface area (Å²) in [5, 5.41) is 0. The summed E-state index contributed by atoms with van der Waals surface area (Å²) in [4.78, 5) is 11.1. The summed E-state index contributed by atoms with van der Waals surface area (Å²) in [6, 6.07) is 0. The minimum Gasteiger partial charge on any atom is -0.466 e. The van der Waals surface area contributed by atoms with E-state index in [9.17, 15) is 4.79 Å². The average Bonchev–Trinajstić information content (AvgIpc) is 2.20. The molecule has 0 aliphatic heterocycles. The maximum Gasteiger partial charge on any atom is 0.305 e. The van der Waals surface area contributed by atoms with Crippen LogP contribution in [0, 0.1) is 0 Å². The first-order valence-corrected chi connectivity index (χ1v) is 5.96. The standard InChI is InChI=1S/C12H24O2.H3N/c1-3-5-6-7-8-9-10-12(13)14-11-4-2;/h3-11H2,1-2H3;1H3. The van der Waals surface area contributed by atoms with Gasteiger partial charge in [-0.1, -0.05) is 46.0 Å². The Labute approximate surface area is 94.2 Å². The number of unbranched alkanes of at least 4 members (excludes halogenated alkanes) is 5. The van der Waals surface area contributed by atoms with Gasteiger partial charge in [0, 0.05) is 6.42 Å². The number of hydrogen-bond acceptors (Lipinski definition) is 3. The van der Waals surface area contributed by atoms with Crippen LogP contribution in [0.3, 0.4) is 0 Å². The largest absolute Gasteiger partial charge is 0.466 e. The predicted molar refractivity (Wildman–Crippen MR) is 64.3 cm³/mol. The zero-order chi connectivity index (χ0) is 10.6. The van der Waals surface area contributed by atoms with Gasteiger partial charge in [0.2, 0.25) is 0 Å². The monoisotopic (exact) mass is 217 g/mol. The SMILES string of the molecule is CCCCCCCCC(=O)OCCC.N. The lowest BCUT2D eigenvalue weighted by Gasteiger charge is -2.02. The van der Waals surface area contributed by atoms with E-state index in [1.165, 1.54) is 32.1 Å². The van der Waals surface area contributed by atoms with Gasteiger partial charge in [-0.05, 0) is 12.8 Å². The zero-order valence-electron chi connectivity index (χ0n) is 10.4. The highest BCUT2D eigenvalue weighted by atomic mass is 16.5. The van der Waals surface area contributed by atoms with Crippen molar-refractivity contribution >= 4 is 5.97 Å². The smallest absolute Gasteiger partial charge is 0.305 e. The second-order valence-corrected chi connectivity index (χ2v) is 3.74. The molecule has 0 aromatic heterocycles. The van der Waals surface area contributed by atoms with E-state index in [1.807, 2.05) is 6.92 Å². The van der Waals surface area contributed by atoms with Crippen molar-refractivity contribution in [2.45, 2.75) is 65.2 Å². The summed E-state index contributed by atoms with van der Waals surface area (Å²) < 4.78 is 4.98. The van der Waals surface area contributed by atoms with Gasteiger partial charge in [-0.15, -0.1) is 0 Å². The van der Waals surface area contributed by atoms with E-state index >= 15 is 0 Å². The van der Waals surface area contributed by atoms with Crippen LogP contribution in [-0.4, -0.2) is 12.6 Å². The van der Waals surface area contributed by atoms with Crippen molar-refractivity contribution in [1.82, 2.24) is 6.15 Å². The van der Waals surface area contributed by atoms with E-state index in [0.717, 1.165) is 12.8 Å². The van der Waals surface area contributed by atoms with E-state index in [0.29, 0.717) is 13.0 Å². The summed E-state index contributed by atoms with van der Waals surface area (Å²) in [6.07, 6.45) is 8.84. The molecule has 15 heavy (non-hydrogen) atoms. The second kappa shape index (κ2) is 13.4. The molecular formula is C12H27NO2. The summed E-state index contributed by atoms with van der Waals surface area (Å²) in [7, 11) is 0. The fourth-order valence-corrected chi connectivity index (χ4v) is 1.34. The molecule has 3 nitrogen and oxygen atoms in total. The maximum atomic E-state index is 11.1. The quantitative estimate of drug-likeness (QED) is 0.471. The first-order valence-electron chi connectivity index (χ1n) is 5.96. The van der Waals surface area contributed by atoms with Gasteiger partial charge in [0.05, 0.1) is 6.61 Å². The predicted octanol–water partition coefficient (Wildman–Crippen LogP) is 3.85. The number of ether oxygens (including phenoxy) is 1. The molecule has 3 N–H and O–H groups in total. The first kappa shape index (κ1) is 16.8. The highest BCUT2D eigenvalue weighted by molar-refractivity contribution is 5.69. The number of carbonyl (C=O) groups is 1. The number of carbonyl (C=O) groups excluding carboxylic acids is 1. The summed E-state index contributed by atoms with van der Waals surface area (Å²) >= 11 is 0. The molecule has 0 fully saturated rings. The molecule has 0 bridgehead atoms. The molecule has 0 rings (SSSR count). The first-order chi connectivity index (χ1) is 6.81. The van der Waals surface area contributed by atoms with E-state index in [-0.39, 0.29) is 12.1 Å². The Morgan fingerprint density at radius 2 is 1.53 bits per heavy atom. The fourth-order valence-electron chi connectivity index (χ4n) is 1.34. The lowest BCUT2D eigenvalue weighted by atomic mass is 10.1. The van der Waals surface area contributed by atoms with Crippen molar-refractivity contribution in [2.75, 3.05) is 6.61 Å². The highest BCUT2D eigenvalue weighted by Gasteiger charge is 2.00. The molecule has 0 aromatic carbocycles. The minimum absolute atomic E-state index is 0. The van der Waals surface area contributed by atoms with Gasteiger partial charge < -0.3 is 10.9 Å². The van der Waals surface area contributed by atoms with Gasteiger partial charge in [-0.25, -0.2) is 0 Å². The Kier molecular flexibility index (Phi) is 15.1. The molecule has 0 aromatic rings. The Hall–Kier alpha value is -0.570. The Balaban J connectivity index is 0. The minimum atomic E-state index is -0.0256. The molecule has 0 unspecified atom stereocenters. The summed E-state index contributed by atoms with van der Waals surface area (Å²) in [5.41, 5.74) is 0. The van der Waals surface area contributed by atoms with Crippen molar-refractivity contribution in [3.63, 3.8) is 0 Å². The van der Waals surface area contributed by atoms with E-state index in [4.69, 9.17) is 4.74 Å². The molecule has 0 spiro atoms. The van der Waals surface area contributed by atoms with Crippen LogP contribution in [0.1, 0.15) is 65.2 Å². The average molecular weight is 217 g/mol. The van der Waals surface area contributed by atoms with Gasteiger partial charge in [-0.3, -0.25) is 4.79 Å². The van der Waals surface area contributed by atoms with E-state index < -0.39 is 0 Å². The van der Waals surface area contributed by atoms with Crippen molar-refractivity contribution in [3.8, 4) is 0 Å². The zero-order valence-corrected chi connectivity index (χ0v) is 10.4. The topological polar surface area (TPSA) is 61.3 Å². The Morgan fingerprint density at radius 1 is 0.933 bits per heavy atom. The molecule has 3 heteroatoms. The van der Waals surface area contributed by atoms with Crippen LogP contribution in [0.5, 0.6) is 0 Å². The number of rotatable bonds is 9. The fraction of sp³-hybridized carbons (Fsp3) is 0.917. The van der Waals surface area contributed by atoms with Crippen molar-refractivity contribution in [3.05, 3.63) is 0 Å². The molecule has 0 heterocycles. The number of esters is 1. The van der Waals surface area contributed by atoms with Crippen LogP contribution < -0.4 is 6.15 Å². The molecule has 0 radical (unpaired) electrons. The lowest BCUT2D eigenvalue weighted by molar-refractivity contribution is -0.143. The second-order valence-electron chi connectivity index (χ2n) is 3.74. The summed E-state index contributed by atoms with van der Waals surface area (Å²) in [5.74, 6) is -0.0256. The van der Waals surface area contributed by atoms with Crippen LogP contribution in [0.2, 0.25) is 0 Å².